The Morgan fingerprint density at radius 1 is 1.20 bits per heavy atom. The smallest absolute Gasteiger partial charge is 0.334 e. The Labute approximate surface area is 64.8 Å². The minimum Gasteiger partial charge on any atom is -0.395 e. The molecule has 2 nitrogen and oxygen atoms in total. The van der Waals surface area contributed by atoms with E-state index in [9.17, 15) is 0 Å². The molecular formula is C7H17O2Si. The molecule has 0 amide bonds. The summed E-state index contributed by atoms with van der Waals surface area (Å²) in [7, 11) is -1.83. The molecule has 10 heavy (non-hydrogen) atoms. The molecule has 0 unspecified atom stereocenters. The number of rotatable bonds is 5. The Kier molecular flexibility index (Phi) is 4.94. The van der Waals surface area contributed by atoms with Crippen molar-refractivity contribution < 1.29 is 8.85 Å². The highest BCUT2D eigenvalue weighted by Crippen LogP contribution is 2.11. The molecule has 0 aromatic carbocycles. The van der Waals surface area contributed by atoms with Crippen LogP contribution in [-0.2, 0) is 8.85 Å². The lowest BCUT2D eigenvalue weighted by molar-refractivity contribution is 0.192. The average molecular weight is 161 g/mol. The molecule has 0 N–H and O–H groups in total. The molecule has 0 spiro atoms. The van der Waals surface area contributed by atoms with Crippen molar-refractivity contribution in [3.8, 4) is 0 Å². The first kappa shape index (κ1) is 10.1. The maximum Gasteiger partial charge on any atom is 0.334 e. The predicted molar refractivity (Wildman–Crippen MR) is 45.0 cm³/mol. The zero-order valence-corrected chi connectivity index (χ0v) is 8.14. The molecule has 0 bridgehead atoms. The molecule has 0 aliphatic carbocycles. The molecule has 0 heterocycles. The van der Waals surface area contributed by atoms with Gasteiger partial charge in [-0.3, -0.25) is 0 Å². The lowest BCUT2D eigenvalue weighted by atomic mass is 10.9. The van der Waals surface area contributed by atoms with Gasteiger partial charge in [-0.1, -0.05) is 6.92 Å². The van der Waals surface area contributed by atoms with Crippen LogP contribution in [0.5, 0.6) is 0 Å². The third-order valence-corrected chi connectivity index (χ3v) is 4.06. The topological polar surface area (TPSA) is 18.5 Å². The van der Waals surface area contributed by atoms with Crippen LogP contribution in [0.25, 0.3) is 0 Å². The van der Waals surface area contributed by atoms with Crippen LogP contribution in [0.4, 0.5) is 0 Å². The van der Waals surface area contributed by atoms with E-state index in [0.29, 0.717) is 0 Å². The maximum atomic E-state index is 5.47. The van der Waals surface area contributed by atoms with Gasteiger partial charge in [-0.2, -0.15) is 0 Å². The van der Waals surface area contributed by atoms with Gasteiger partial charge in [0, 0.05) is 13.2 Å². The minimum absolute atomic E-state index is 0.734. The van der Waals surface area contributed by atoms with Gasteiger partial charge in [-0.25, -0.2) is 0 Å². The average Bonchev–Trinajstić information content (AvgIpc) is 1.89. The van der Waals surface area contributed by atoms with Crippen molar-refractivity contribution >= 4 is 8.56 Å². The van der Waals surface area contributed by atoms with Crippen molar-refractivity contribution in [2.45, 2.75) is 26.4 Å². The SMILES string of the molecule is [CH2]C[Si](C)(OCC)OCC. The predicted octanol–water partition coefficient (Wildman–Crippen LogP) is 1.97. The van der Waals surface area contributed by atoms with Gasteiger partial charge in [-0.05, 0) is 26.4 Å². The Balaban J connectivity index is 3.69. The van der Waals surface area contributed by atoms with Crippen LogP contribution in [0.3, 0.4) is 0 Å². The molecule has 0 aromatic heterocycles. The Morgan fingerprint density at radius 2 is 1.60 bits per heavy atom. The van der Waals surface area contributed by atoms with Crippen molar-refractivity contribution in [1.29, 1.82) is 0 Å². The Bertz CT molecular complexity index is 79.7. The van der Waals surface area contributed by atoms with Gasteiger partial charge in [0.15, 0.2) is 0 Å². The molecule has 0 aliphatic rings. The van der Waals surface area contributed by atoms with E-state index in [4.69, 9.17) is 8.85 Å². The standard InChI is InChI=1S/C7H17O2Si/c1-5-8-10(4,7-3)9-6-2/h3,5-7H2,1-2,4H3. The third kappa shape index (κ3) is 3.34. The van der Waals surface area contributed by atoms with Gasteiger partial charge in [0.2, 0.25) is 0 Å². The highest BCUT2D eigenvalue weighted by molar-refractivity contribution is 6.66. The third-order valence-electron chi connectivity index (χ3n) is 1.35. The lowest BCUT2D eigenvalue weighted by Crippen LogP contribution is -2.37. The summed E-state index contributed by atoms with van der Waals surface area (Å²) in [5, 5.41) is 0. The summed E-state index contributed by atoms with van der Waals surface area (Å²) in [6.07, 6.45) is 0. The number of hydrogen-bond donors (Lipinski definition) is 0. The summed E-state index contributed by atoms with van der Waals surface area (Å²) in [5.74, 6) is 0. The molecule has 0 fully saturated rings. The van der Waals surface area contributed by atoms with E-state index < -0.39 is 8.56 Å². The van der Waals surface area contributed by atoms with Gasteiger partial charge in [0.05, 0.1) is 0 Å². The first-order valence-electron chi connectivity index (χ1n) is 3.75. The maximum absolute atomic E-state index is 5.47. The summed E-state index contributed by atoms with van der Waals surface area (Å²) in [6, 6.07) is 0.786. The molecule has 3 heteroatoms. The quantitative estimate of drug-likeness (QED) is 0.574. The van der Waals surface area contributed by atoms with Crippen molar-refractivity contribution in [2.75, 3.05) is 13.2 Å². The van der Waals surface area contributed by atoms with Gasteiger partial charge >= 0.3 is 8.56 Å². The van der Waals surface area contributed by atoms with Crippen molar-refractivity contribution in [3.05, 3.63) is 6.92 Å². The second kappa shape index (κ2) is 4.88. The molecule has 0 saturated carbocycles. The van der Waals surface area contributed by atoms with Crippen LogP contribution < -0.4 is 0 Å². The van der Waals surface area contributed by atoms with Crippen LogP contribution in [0.15, 0.2) is 0 Å². The molecule has 1 radical (unpaired) electrons. The fraction of sp³-hybridized carbons (Fsp3) is 0.857. The molecule has 0 aromatic rings. The first-order chi connectivity index (χ1) is 4.68. The van der Waals surface area contributed by atoms with Crippen LogP contribution in [-0.4, -0.2) is 21.8 Å². The highest BCUT2D eigenvalue weighted by atomic mass is 28.4. The van der Waals surface area contributed by atoms with E-state index in [1.165, 1.54) is 0 Å². The molecule has 0 atom stereocenters. The van der Waals surface area contributed by atoms with E-state index in [1.54, 1.807) is 0 Å². The Morgan fingerprint density at radius 3 is 1.80 bits per heavy atom. The second-order valence-electron chi connectivity index (χ2n) is 2.25. The zero-order valence-electron chi connectivity index (χ0n) is 7.14. The zero-order chi connectivity index (χ0) is 8.04. The first-order valence-corrected chi connectivity index (χ1v) is 6.28. The van der Waals surface area contributed by atoms with Crippen LogP contribution >= 0.6 is 0 Å². The van der Waals surface area contributed by atoms with E-state index in [-0.39, 0.29) is 0 Å². The monoisotopic (exact) mass is 161 g/mol. The highest BCUT2D eigenvalue weighted by Gasteiger charge is 2.27. The second-order valence-corrected chi connectivity index (χ2v) is 5.59. The van der Waals surface area contributed by atoms with Gasteiger partial charge in [0.25, 0.3) is 0 Å². The summed E-state index contributed by atoms with van der Waals surface area (Å²) >= 11 is 0. The van der Waals surface area contributed by atoms with Crippen LogP contribution in [0, 0.1) is 6.92 Å². The van der Waals surface area contributed by atoms with Crippen LogP contribution in [0.1, 0.15) is 13.8 Å². The fourth-order valence-electron chi connectivity index (χ4n) is 0.797. The van der Waals surface area contributed by atoms with Crippen LogP contribution in [0.2, 0.25) is 12.6 Å². The summed E-state index contributed by atoms with van der Waals surface area (Å²) in [5.41, 5.74) is 0. The lowest BCUT2D eigenvalue weighted by Gasteiger charge is -2.23. The van der Waals surface area contributed by atoms with Crippen molar-refractivity contribution in [1.82, 2.24) is 0 Å². The molecule has 0 saturated heterocycles. The van der Waals surface area contributed by atoms with Gasteiger partial charge in [0.1, 0.15) is 0 Å². The Hall–Kier alpha value is 0.137. The number of hydrogen-bond acceptors (Lipinski definition) is 2. The largest absolute Gasteiger partial charge is 0.395 e. The van der Waals surface area contributed by atoms with Crippen molar-refractivity contribution in [3.63, 3.8) is 0 Å². The van der Waals surface area contributed by atoms with E-state index in [2.05, 4.69) is 6.92 Å². The normalized spacial score (nSPS) is 12.0. The molecule has 0 aliphatic heterocycles. The van der Waals surface area contributed by atoms with Crippen molar-refractivity contribution in [2.24, 2.45) is 0 Å². The van der Waals surface area contributed by atoms with Gasteiger partial charge < -0.3 is 8.85 Å². The summed E-state index contributed by atoms with van der Waals surface area (Å²) in [6.45, 7) is 11.3. The van der Waals surface area contributed by atoms with Gasteiger partial charge in [-0.15, -0.1) is 0 Å². The molecule has 61 valence electrons. The van der Waals surface area contributed by atoms with E-state index in [1.807, 2.05) is 20.4 Å². The fourth-order valence-corrected chi connectivity index (χ4v) is 2.39. The van der Waals surface area contributed by atoms with E-state index >= 15 is 0 Å². The summed E-state index contributed by atoms with van der Waals surface area (Å²) < 4.78 is 10.9. The molecule has 0 rings (SSSR count). The molecular weight excluding hydrogens is 144 g/mol. The summed E-state index contributed by atoms with van der Waals surface area (Å²) in [4.78, 5) is 0. The minimum atomic E-state index is -1.83. The van der Waals surface area contributed by atoms with E-state index in [0.717, 1.165) is 19.3 Å².